The molecule has 7 nitrogen and oxygen atoms in total. The van der Waals surface area contributed by atoms with Gasteiger partial charge in [0.25, 0.3) is 0 Å². The minimum Gasteiger partial charge on any atom is -0.490 e. The van der Waals surface area contributed by atoms with Crippen molar-refractivity contribution >= 4 is 23.5 Å². The topological polar surface area (TPSA) is 95.9 Å². The van der Waals surface area contributed by atoms with Gasteiger partial charge in [0.15, 0.2) is 11.5 Å². The van der Waals surface area contributed by atoms with E-state index < -0.39 is 43.1 Å². The average molecular weight is 372 g/mol. The van der Waals surface area contributed by atoms with Gasteiger partial charge in [-0.3, -0.25) is 9.59 Å². The molecule has 1 aromatic carbocycles. The van der Waals surface area contributed by atoms with Gasteiger partial charge in [-0.25, -0.2) is 4.79 Å². The molecule has 2 N–H and O–H groups in total. The number of fused-ring (bicyclic) bond motifs is 1. The number of anilines is 1. The van der Waals surface area contributed by atoms with Crippen molar-refractivity contribution < 1.29 is 37.4 Å². The molecule has 0 aliphatic carbocycles. The van der Waals surface area contributed by atoms with Crippen LogP contribution in [0.4, 0.5) is 23.7 Å². The Bertz CT molecular complexity index is 765. The number of hydrogen-bond acceptors (Lipinski definition) is 4. The number of halogens is 3. The summed E-state index contributed by atoms with van der Waals surface area (Å²) in [4.78, 5) is 36.1. The molecule has 2 atom stereocenters. The van der Waals surface area contributed by atoms with E-state index in [-0.39, 0.29) is 35.8 Å². The maximum absolute atomic E-state index is 13.0. The van der Waals surface area contributed by atoms with Gasteiger partial charge in [-0.1, -0.05) is 6.07 Å². The number of rotatable bonds is 2. The Kier molecular flexibility index (Phi) is 4.51. The summed E-state index contributed by atoms with van der Waals surface area (Å²) < 4.78 is 44.5. The van der Waals surface area contributed by atoms with Crippen LogP contribution in [0, 0.1) is 11.8 Å². The largest absolute Gasteiger partial charge is 0.490 e. The van der Waals surface area contributed by atoms with Crippen LogP contribution in [-0.2, 0) is 4.79 Å². The van der Waals surface area contributed by atoms with Crippen LogP contribution in [0.5, 0.6) is 5.75 Å². The van der Waals surface area contributed by atoms with E-state index in [2.05, 4.69) is 5.32 Å². The smallest absolute Gasteiger partial charge is 0.394 e. The van der Waals surface area contributed by atoms with E-state index in [1.165, 1.54) is 18.2 Å². The monoisotopic (exact) mass is 372 g/mol. The maximum Gasteiger partial charge on any atom is 0.394 e. The van der Waals surface area contributed by atoms with Crippen LogP contribution < -0.4 is 10.1 Å². The molecule has 1 fully saturated rings. The molecule has 2 heterocycles. The first-order chi connectivity index (χ1) is 12.2. The number of likely N-dealkylation sites (tertiary alicyclic amines) is 1. The number of alkyl halides is 3. The Hall–Kier alpha value is -2.78. The highest BCUT2D eigenvalue weighted by atomic mass is 19.4. The molecule has 1 saturated heterocycles. The predicted octanol–water partition coefficient (Wildman–Crippen LogP) is 2.38. The van der Waals surface area contributed by atoms with Crippen molar-refractivity contribution in [1.82, 2.24) is 4.90 Å². The number of benzene rings is 1. The lowest BCUT2D eigenvalue weighted by molar-refractivity contribution is -0.187. The number of carbonyl (C=O) groups is 3. The minimum absolute atomic E-state index is 0.139. The molecule has 2 aliphatic rings. The zero-order valence-corrected chi connectivity index (χ0v) is 13.4. The number of urea groups is 1. The van der Waals surface area contributed by atoms with E-state index in [9.17, 15) is 27.6 Å². The minimum atomic E-state index is -4.72. The van der Waals surface area contributed by atoms with Crippen LogP contribution in [0.25, 0.3) is 0 Å². The summed E-state index contributed by atoms with van der Waals surface area (Å²) in [7, 11) is 0. The van der Waals surface area contributed by atoms with Gasteiger partial charge >= 0.3 is 18.2 Å². The number of carboxylic acids is 1. The fourth-order valence-corrected chi connectivity index (χ4v) is 3.14. The Balaban J connectivity index is 1.78. The molecule has 0 saturated carbocycles. The number of ether oxygens (including phenoxy) is 1. The van der Waals surface area contributed by atoms with E-state index in [4.69, 9.17) is 9.84 Å². The zero-order valence-electron chi connectivity index (χ0n) is 13.4. The van der Waals surface area contributed by atoms with Crippen molar-refractivity contribution in [1.29, 1.82) is 0 Å². The highest BCUT2D eigenvalue weighted by molar-refractivity contribution is 6.03. The highest BCUT2D eigenvalue weighted by Crippen LogP contribution is 2.38. The summed E-state index contributed by atoms with van der Waals surface area (Å²) in [5, 5.41) is 11.4. The van der Waals surface area contributed by atoms with Crippen molar-refractivity contribution in [3.63, 3.8) is 0 Å². The van der Waals surface area contributed by atoms with Gasteiger partial charge in [0.1, 0.15) is 0 Å². The number of ketones is 1. The lowest BCUT2D eigenvalue weighted by Gasteiger charge is -2.22. The zero-order chi connectivity index (χ0) is 19.1. The van der Waals surface area contributed by atoms with Gasteiger partial charge in [0.2, 0.25) is 0 Å². The van der Waals surface area contributed by atoms with Crippen LogP contribution in [0.1, 0.15) is 16.8 Å². The first-order valence-corrected chi connectivity index (χ1v) is 7.83. The van der Waals surface area contributed by atoms with Crippen molar-refractivity contribution in [3.05, 3.63) is 23.8 Å². The van der Waals surface area contributed by atoms with E-state index in [0.29, 0.717) is 0 Å². The lowest BCUT2D eigenvalue weighted by Crippen LogP contribution is -2.35. The SMILES string of the molecule is O=C1CCOc2c(NC(=O)N3C[C@@H](C(F)(F)F)[C@H](C(=O)O)C3)cccc21. The molecular weight excluding hydrogens is 357 g/mol. The average Bonchev–Trinajstić information content (AvgIpc) is 3.02. The van der Waals surface area contributed by atoms with E-state index in [1.807, 2.05) is 0 Å². The third kappa shape index (κ3) is 3.31. The number of aliphatic carboxylic acids is 1. The molecule has 0 aromatic heterocycles. The number of hydrogen-bond donors (Lipinski definition) is 2. The third-order valence-corrected chi connectivity index (χ3v) is 4.48. The van der Waals surface area contributed by atoms with Gasteiger partial charge in [0, 0.05) is 19.5 Å². The second-order valence-corrected chi connectivity index (χ2v) is 6.13. The molecule has 3 rings (SSSR count). The first kappa shape index (κ1) is 18.0. The van der Waals surface area contributed by atoms with Crippen LogP contribution >= 0.6 is 0 Å². The lowest BCUT2D eigenvalue weighted by atomic mass is 9.96. The fourth-order valence-electron chi connectivity index (χ4n) is 3.14. The van der Waals surface area contributed by atoms with Crippen LogP contribution in [0.15, 0.2) is 18.2 Å². The quantitative estimate of drug-likeness (QED) is 0.831. The molecule has 0 bridgehead atoms. The van der Waals surface area contributed by atoms with Crippen molar-refractivity contribution in [3.8, 4) is 5.75 Å². The summed E-state index contributed by atoms with van der Waals surface area (Å²) in [5.41, 5.74) is 0.440. The normalized spacial score (nSPS) is 22.6. The summed E-state index contributed by atoms with van der Waals surface area (Å²) in [6.07, 6.45) is -4.52. The standard InChI is InChI=1S/C16H15F3N2O5/c17-16(18,19)10-7-21(6-9(10)14(23)24)15(25)20-11-3-1-2-8-12(22)4-5-26-13(8)11/h1-3,9-10H,4-7H2,(H,20,25)(H,23,24)/t9-,10-/m1/s1. The number of Topliss-reactive ketones (excluding diaryl/α,β-unsaturated/α-hetero) is 1. The molecule has 0 unspecified atom stereocenters. The van der Waals surface area contributed by atoms with Crippen LogP contribution in [0.3, 0.4) is 0 Å². The summed E-state index contributed by atoms with van der Waals surface area (Å²) >= 11 is 0. The van der Waals surface area contributed by atoms with Crippen LogP contribution in [0.2, 0.25) is 0 Å². The third-order valence-electron chi connectivity index (χ3n) is 4.48. The second kappa shape index (κ2) is 6.50. The molecular formula is C16H15F3N2O5. The number of carbonyl (C=O) groups excluding carboxylic acids is 2. The molecule has 0 spiro atoms. The van der Waals surface area contributed by atoms with Gasteiger partial charge in [-0.2, -0.15) is 13.2 Å². The molecule has 140 valence electrons. The Labute approximate surface area is 145 Å². The summed E-state index contributed by atoms with van der Waals surface area (Å²) in [6, 6.07) is 3.63. The van der Waals surface area contributed by atoms with Gasteiger partial charge in [-0.05, 0) is 12.1 Å². The van der Waals surface area contributed by atoms with Gasteiger partial charge in [0.05, 0.1) is 29.7 Å². The van der Waals surface area contributed by atoms with Crippen molar-refractivity contribution in [2.75, 3.05) is 25.0 Å². The van der Waals surface area contributed by atoms with E-state index >= 15 is 0 Å². The Morgan fingerprint density at radius 2 is 2.00 bits per heavy atom. The van der Waals surface area contributed by atoms with E-state index in [1.54, 1.807) is 0 Å². The van der Waals surface area contributed by atoms with E-state index in [0.717, 1.165) is 4.90 Å². The fraction of sp³-hybridized carbons (Fsp3) is 0.438. The Morgan fingerprint density at radius 3 is 2.62 bits per heavy atom. The number of carboxylic acid groups (broad SMARTS) is 1. The second-order valence-electron chi connectivity index (χ2n) is 6.13. The summed E-state index contributed by atoms with van der Waals surface area (Å²) in [5.74, 6) is -5.45. The van der Waals surface area contributed by atoms with Crippen LogP contribution in [-0.4, -0.2) is 53.7 Å². The predicted molar refractivity (Wildman–Crippen MR) is 82.1 cm³/mol. The van der Waals surface area contributed by atoms with Crippen molar-refractivity contribution in [2.24, 2.45) is 11.8 Å². The number of amides is 2. The molecule has 26 heavy (non-hydrogen) atoms. The molecule has 1 aromatic rings. The molecule has 2 amide bonds. The highest BCUT2D eigenvalue weighted by Gasteiger charge is 2.53. The summed E-state index contributed by atoms with van der Waals surface area (Å²) in [6.45, 7) is -1.17. The maximum atomic E-state index is 13.0. The van der Waals surface area contributed by atoms with Crippen molar-refractivity contribution in [2.45, 2.75) is 12.6 Å². The molecule has 0 radical (unpaired) electrons. The first-order valence-electron chi connectivity index (χ1n) is 7.83. The molecule has 2 aliphatic heterocycles. The van der Waals surface area contributed by atoms with Gasteiger partial charge in [-0.15, -0.1) is 0 Å². The van der Waals surface area contributed by atoms with Gasteiger partial charge < -0.3 is 20.1 Å². The Morgan fingerprint density at radius 1 is 1.27 bits per heavy atom. The number of nitrogens with zero attached hydrogens (tertiary/aromatic N) is 1. The number of nitrogens with one attached hydrogen (secondary N) is 1. The molecule has 10 heteroatoms. The number of para-hydroxylation sites is 1.